The van der Waals surface area contributed by atoms with Crippen molar-refractivity contribution in [2.75, 3.05) is 29.7 Å². The highest BCUT2D eigenvalue weighted by molar-refractivity contribution is 7.99. The van der Waals surface area contributed by atoms with E-state index in [-0.39, 0.29) is 18.3 Å². The van der Waals surface area contributed by atoms with E-state index >= 15 is 0 Å². The first-order valence-electron chi connectivity index (χ1n) is 11.6. The minimum absolute atomic E-state index is 0.0714. The predicted molar refractivity (Wildman–Crippen MR) is 140 cm³/mol. The standard InChI is InChI=1S/C26H22N4O5S2/c1-37(32,33)29-12-11-17-13-18(7-9-21(17)29)22(31)15-36-26-28-27-25(30(26)20-5-3-2-4-6-20)19-8-10-23-24(14-19)35-16-34-23/h2-10,13-14H,11-12,15-16H2,1H3. The zero-order valence-corrected chi connectivity index (χ0v) is 21.5. The van der Waals surface area contributed by atoms with E-state index in [1.165, 1.54) is 22.3 Å². The van der Waals surface area contributed by atoms with Crippen LogP contribution >= 0.6 is 11.8 Å². The maximum atomic E-state index is 13.1. The first kappa shape index (κ1) is 23.6. The maximum absolute atomic E-state index is 13.1. The van der Waals surface area contributed by atoms with Crippen LogP contribution in [0.3, 0.4) is 0 Å². The number of sulfonamides is 1. The van der Waals surface area contributed by atoms with Crippen LogP contribution in [0.5, 0.6) is 11.5 Å². The van der Waals surface area contributed by atoms with E-state index in [0.717, 1.165) is 16.8 Å². The molecule has 0 saturated carbocycles. The van der Waals surface area contributed by atoms with Gasteiger partial charge in [0.05, 0.1) is 17.7 Å². The summed E-state index contributed by atoms with van der Waals surface area (Å²) < 4.78 is 38.3. The molecule has 3 aromatic carbocycles. The molecule has 9 nitrogen and oxygen atoms in total. The Labute approximate surface area is 218 Å². The summed E-state index contributed by atoms with van der Waals surface area (Å²) in [4.78, 5) is 13.1. The van der Waals surface area contributed by atoms with Gasteiger partial charge >= 0.3 is 0 Å². The third kappa shape index (κ3) is 4.44. The zero-order chi connectivity index (χ0) is 25.6. The number of carbonyl (C=O) groups is 1. The van der Waals surface area contributed by atoms with Crippen LogP contribution in [0.2, 0.25) is 0 Å². The molecule has 0 unspecified atom stereocenters. The van der Waals surface area contributed by atoms with Crippen LogP contribution in [-0.2, 0) is 16.4 Å². The molecule has 3 heterocycles. The molecule has 37 heavy (non-hydrogen) atoms. The number of ketones is 1. The van der Waals surface area contributed by atoms with Gasteiger partial charge in [-0.15, -0.1) is 10.2 Å². The number of anilines is 1. The molecule has 0 saturated heterocycles. The van der Waals surface area contributed by atoms with Gasteiger partial charge in [-0.1, -0.05) is 30.0 Å². The van der Waals surface area contributed by atoms with Crippen molar-refractivity contribution in [1.82, 2.24) is 14.8 Å². The summed E-state index contributed by atoms with van der Waals surface area (Å²) in [6, 6.07) is 20.5. The number of thioether (sulfide) groups is 1. The number of carbonyl (C=O) groups excluding carboxylic acids is 1. The van der Waals surface area contributed by atoms with Crippen molar-refractivity contribution in [3.8, 4) is 28.6 Å². The van der Waals surface area contributed by atoms with Gasteiger partial charge in [0.15, 0.2) is 28.3 Å². The summed E-state index contributed by atoms with van der Waals surface area (Å²) in [5.74, 6) is 2.04. The van der Waals surface area contributed by atoms with Gasteiger partial charge in [0.2, 0.25) is 16.8 Å². The second-order valence-corrected chi connectivity index (χ2v) is 11.5. The molecule has 2 aliphatic heterocycles. The number of hydrogen-bond donors (Lipinski definition) is 0. The molecule has 0 bridgehead atoms. The number of Topliss-reactive ketones (excluding diaryl/α,β-unsaturated/α-hetero) is 1. The molecule has 188 valence electrons. The number of para-hydroxylation sites is 1. The molecule has 0 N–H and O–H groups in total. The van der Waals surface area contributed by atoms with Crippen molar-refractivity contribution < 1.29 is 22.7 Å². The minimum atomic E-state index is -3.34. The lowest BCUT2D eigenvalue weighted by molar-refractivity contribution is 0.102. The average Bonchev–Trinajstić information content (AvgIpc) is 3.64. The van der Waals surface area contributed by atoms with Gasteiger partial charge in [0, 0.05) is 23.4 Å². The average molecular weight is 535 g/mol. The molecular formula is C26H22N4O5S2. The van der Waals surface area contributed by atoms with Gasteiger partial charge in [0.25, 0.3) is 0 Å². The molecule has 1 aromatic heterocycles. The van der Waals surface area contributed by atoms with E-state index in [4.69, 9.17) is 9.47 Å². The first-order chi connectivity index (χ1) is 17.9. The van der Waals surface area contributed by atoms with Crippen molar-refractivity contribution in [1.29, 1.82) is 0 Å². The summed E-state index contributed by atoms with van der Waals surface area (Å²) >= 11 is 1.30. The Kier molecular flexibility index (Phi) is 5.88. The Balaban J connectivity index is 1.27. The number of ether oxygens (including phenoxy) is 2. The highest BCUT2D eigenvalue weighted by Gasteiger charge is 2.27. The van der Waals surface area contributed by atoms with Crippen LogP contribution in [-0.4, -0.2) is 54.3 Å². The smallest absolute Gasteiger partial charge is 0.232 e. The monoisotopic (exact) mass is 534 g/mol. The molecular weight excluding hydrogens is 512 g/mol. The third-order valence-electron chi connectivity index (χ3n) is 6.27. The normalized spacial score (nSPS) is 14.1. The molecule has 0 fully saturated rings. The topological polar surface area (TPSA) is 104 Å². The number of fused-ring (bicyclic) bond motifs is 2. The number of hydrogen-bond acceptors (Lipinski definition) is 8. The molecule has 0 spiro atoms. The van der Waals surface area contributed by atoms with Crippen molar-refractivity contribution in [3.05, 3.63) is 77.9 Å². The molecule has 11 heteroatoms. The molecule has 0 amide bonds. The Bertz CT molecular complexity index is 1620. The molecule has 0 radical (unpaired) electrons. The SMILES string of the molecule is CS(=O)(=O)N1CCc2cc(C(=O)CSc3nnc(-c4ccc5c(c4)OCO5)n3-c3ccccc3)ccc21. The summed E-state index contributed by atoms with van der Waals surface area (Å²) in [6.07, 6.45) is 1.77. The zero-order valence-electron chi connectivity index (χ0n) is 19.8. The van der Waals surface area contributed by atoms with Gasteiger partial charge in [-0.25, -0.2) is 8.42 Å². The van der Waals surface area contributed by atoms with Crippen molar-refractivity contribution in [2.24, 2.45) is 0 Å². The van der Waals surface area contributed by atoms with E-state index in [2.05, 4.69) is 10.2 Å². The van der Waals surface area contributed by atoms with Gasteiger partial charge in [0.1, 0.15) is 0 Å². The highest BCUT2D eigenvalue weighted by atomic mass is 32.2. The first-order valence-corrected chi connectivity index (χ1v) is 14.4. The van der Waals surface area contributed by atoms with E-state index in [0.29, 0.717) is 46.7 Å². The van der Waals surface area contributed by atoms with E-state index in [9.17, 15) is 13.2 Å². The van der Waals surface area contributed by atoms with Gasteiger partial charge in [-0.05, 0) is 60.5 Å². The maximum Gasteiger partial charge on any atom is 0.232 e. The number of rotatable bonds is 7. The lowest BCUT2D eigenvalue weighted by Gasteiger charge is -2.16. The lowest BCUT2D eigenvalue weighted by Crippen LogP contribution is -2.27. The van der Waals surface area contributed by atoms with Crippen LogP contribution in [0.1, 0.15) is 15.9 Å². The number of aromatic nitrogens is 3. The molecule has 6 rings (SSSR count). The Morgan fingerprint density at radius 3 is 2.62 bits per heavy atom. The number of benzene rings is 3. The molecule has 4 aromatic rings. The molecule has 2 aliphatic rings. The number of nitrogens with zero attached hydrogens (tertiary/aromatic N) is 4. The molecule has 0 atom stereocenters. The second kappa shape index (κ2) is 9.24. The Morgan fingerprint density at radius 1 is 1.00 bits per heavy atom. The fraction of sp³-hybridized carbons (Fsp3) is 0.192. The fourth-order valence-corrected chi connectivity index (χ4v) is 6.30. The summed E-state index contributed by atoms with van der Waals surface area (Å²) in [5.41, 5.74) is 3.73. The van der Waals surface area contributed by atoms with E-state index in [1.807, 2.05) is 53.1 Å². The van der Waals surface area contributed by atoms with Crippen LogP contribution in [0.15, 0.2) is 71.9 Å². The highest BCUT2D eigenvalue weighted by Crippen LogP contribution is 2.37. The molecule has 0 aliphatic carbocycles. The Hall–Kier alpha value is -3.83. The van der Waals surface area contributed by atoms with E-state index < -0.39 is 10.0 Å². The van der Waals surface area contributed by atoms with Crippen LogP contribution < -0.4 is 13.8 Å². The van der Waals surface area contributed by atoms with Crippen molar-refractivity contribution in [3.63, 3.8) is 0 Å². The quantitative estimate of drug-likeness (QED) is 0.259. The van der Waals surface area contributed by atoms with Crippen molar-refractivity contribution >= 4 is 33.3 Å². The predicted octanol–water partition coefficient (Wildman–Crippen LogP) is 3.96. The van der Waals surface area contributed by atoms with Crippen molar-refractivity contribution in [2.45, 2.75) is 11.6 Å². The largest absolute Gasteiger partial charge is 0.454 e. The van der Waals surface area contributed by atoms with E-state index in [1.54, 1.807) is 18.2 Å². The van der Waals surface area contributed by atoms with Gasteiger partial charge in [-0.3, -0.25) is 13.7 Å². The Morgan fingerprint density at radius 2 is 1.81 bits per heavy atom. The minimum Gasteiger partial charge on any atom is -0.454 e. The lowest BCUT2D eigenvalue weighted by atomic mass is 10.1. The van der Waals surface area contributed by atoms with Gasteiger partial charge in [-0.2, -0.15) is 0 Å². The van der Waals surface area contributed by atoms with Crippen LogP contribution in [0, 0.1) is 0 Å². The summed E-state index contributed by atoms with van der Waals surface area (Å²) in [5, 5.41) is 9.42. The van der Waals surface area contributed by atoms with Crippen LogP contribution in [0.4, 0.5) is 5.69 Å². The summed E-state index contributed by atoms with van der Waals surface area (Å²) in [7, 11) is -3.34. The van der Waals surface area contributed by atoms with Crippen LogP contribution in [0.25, 0.3) is 17.1 Å². The van der Waals surface area contributed by atoms with Gasteiger partial charge < -0.3 is 9.47 Å². The summed E-state index contributed by atoms with van der Waals surface area (Å²) in [6.45, 7) is 0.575. The third-order valence-corrected chi connectivity index (χ3v) is 8.37. The second-order valence-electron chi connectivity index (χ2n) is 8.69. The fourth-order valence-electron chi connectivity index (χ4n) is 4.50.